The molecule has 21 heavy (non-hydrogen) atoms. The molecule has 2 rings (SSSR count). The summed E-state index contributed by atoms with van der Waals surface area (Å²) in [6.45, 7) is 8.28. The Morgan fingerprint density at radius 2 is 1.90 bits per heavy atom. The molecule has 0 saturated carbocycles. The molecule has 116 valence electrons. The molecule has 1 aromatic rings. The average molecular weight is 290 g/mol. The van der Waals surface area contributed by atoms with Crippen molar-refractivity contribution >= 4 is 0 Å². The van der Waals surface area contributed by atoms with Crippen molar-refractivity contribution in [3.05, 3.63) is 48.3 Å². The normalized spacial score (nSPS) is 20.7. The van der Waals surface area contributed by atoms with E-state index < -0.39 is 5.54 Å². The standard InChI is InChI=1S/C18H27FN2/c1-3-12-18(20,15-8-10-16(19)11-9-15)17(4-2)21-13-6-5-7-14-21/h3,8-11,17H,1,4-7,12-14,20H2,2H3. The van der Waals surface area contributed by atoms with Gasteiger partial charge < -0.3 is 5.73 Å². The van der Waals surface area contributed by atoms with Gasteiger partial charge in [0.25, 0.3) is 0 Å². The molecule has 1 fully saturated rings. The molecule has 1 saturated heterocycles. The fourth-order valence-corrected chi connectivity index (χ4v) is 3.62. The van der Waals surface area contributed by atoms with Gasteiger partial charge in [0, 0.05) is 6.04 Å². The molecule has 0 aliphatic carbocycles. The van der Waals surface area contributed by atoms with E-state index in [1.807, 2.05) is 18.2 Å². The van der Waals surface area contributed by atoms with Crippen LogP contribution in [0.2, 0.25) is 0 Å². The van der Waals surface area contributed by atoms with Gasteiger partial charge in [0.1, 0.15) is 5.82 Å². The first kappa shape index (κ1) is 16.2. The summed E-state index contributed by atoms with van der Waals surface area (Å²) in [5.41, 5.74) is 7.33. The van der Waals surface area contributed by atoms with Crippen LogP contribution in [-0.4, -0.2) is 24.0 Å². The van der Waals surface area contributed by atoms with Gasteiger partial charge >= 0.3 is 0 Å². The average Bonchev–Trinajstić information content (AvgIpc) is 2.50. The maximum absolute atomic E-state index is 13.2. The first-order chi connectivity index (χ1) is 10.1. The van der Waals surface area contributed by atoms with E-state index in [4.69, 9.17) is 5.73 Å². The maximum Gasteiger partial charge on any atom is 0.123 e. The van der Waals surface area contributed by atoms with Crippen LogP contribution in [-0.2, 0) is 5.54 Å². The summed E-state index contributed by atoms with van der Waals surface area (Å²) >= 11 is 0. The molecule has 1 aliphatic heterocycles. The van der Waals surface area contributed by atoms with E-state index in [0.717, 1.165) is 25.1 Å². The third-order valence-electron chi connectivity index (χ3n) is 4.68. The minimum absolute atomic E-state index is 0.217. The van der Waals surface area contributed by atoms with E-state index in [1.54, 1.807) is 0 Å². The number of rotatable bonds is 6. The number of hydrogen-bond donors (Lipinski definition) is 1. The minimum atomic E-state index is -0.498. The zero-order valence-corrected chi connectivity index (χ0v) is 13.0. The molecule has 2 atom stereocenters. The van der Waals surface area contributed by atoms with Crippen molar-refractivity contribution in [3.8, 4) is 0 Å². The number of likely N-dealkylation sites (tertiary alicyclic amines) is 1. The molecule has 0 amide bonds. The highest BCUT2D eigenvalue weighted by molar-refractivity contribution is 5.28. The second-order valence-corrected chi connectivity index (χ2v) is 6.06. The highest BCUT2D eigenvalue weighted by Gasteiger charge is 2.38. The fourth-order valence-electron chi connectivity index (χ4n) is 3.62. The van der Waals surface area contributed by atoms with Crippen molar-refractivity contribution in [2.75, 3.05) is 13.1 Å². The highest BCUT2D eigenvalue weighted by atomic mass is 19.1. The first-order valence-electron chi connectivity index (χ1n) is 8.01. The summed E-state index contributed by atoms with van der Waals surface area (Å²) in [7, 11) is 0. The van der Waals surface area contributed by atoms with Crippen LogP contribution in [0, 0.1) is 5.82 Å². The molecule has 0 radical (unpaired) electrons. The van der Waals surface area contributed by atoms with Crippen LogP contribution in [0.4, 0.5) is 4.39 Å². The van der Waals surface area contributed by atoms with E-state index in [1.165, 1.54) is 31.4 Å². The van der Waals surface area contributed by atoms with Crippen LogP contribution in [0.25, 0.3) is 0 Å². The van der Waals surface area contributed by atoms with E-state index >= 15 is 0 Å². The van der Waals surface area contributed by atoms with Crippen LogP contribution in [0.5, 0.6) is 0 Å². The summed E-state index contributed by atoms with van der Waals surface area (Å²) in [5, 5.41) is 0. The van der Waals surface area contributed by atoms with Crippen LogP contribution >= 0.6 is 0 Å². The van der Waals surface area contributed by atoms with E-state index in [9.17, 15) is 4.39 Å². The number of benzene rings is 1. The van der Waals surface area contributed by atoms with Gasteiger partial charge in [-0.1, -0.05) is 31.6 Å². The number of halogens is 1. The summed E-state index contributed by atoms with van der Waals surface area (Å²) in [6.07, 6.45) is 7.36. The first-order valence-corrected chi connectivity index (χ1v) is 8.01. The number of hydrogen-bond acceptors (Lipinski definition) is 2. The maximum atomic E-state index is 13.2. The zero-order valence-electron chi connectivity index (χ0n) is 13.0. The Kier molecular flexibility index (Phi) is 5.54. The lowest BCUT2D eigenvalue weighted by molar-refractivity contribution is 0.0932. The van der Waals surface area contributed by atoms with Crippen molar-refractivity contribution < 1.29 is 4.39 Å². The van der Waals surface area contributed by atoms with Crippen LogP contribution < -0.4 is 5.73 Å². The molecule has 1 heterocycles. The van der Waals surface area contributed by atoms with E-state index in [0.29, 0.717) is 6.42 Å². The van der Waals surface area contributed by atoms with Crippen LogP contribution in [0.15, 0.2) is 36.9 Å². The highest BCUT2D eigenvalue weighted by Crippen LogP contribution is 2.33. The summed E-state index contributed by atoms with van der Waals surface area (Å²) in [4.78, 5) is 2.51. The molecule has 0 spiro atoms. The summed E-state index contributed by atoms with van der Waals surface area (Å²) < 4.78 is 13.2. The predicted octanol–water partition coefficient (Wildman–Crippen LogP) is 3.82. The molecule has 2 N–H and O–H groups in total. The van der Waals surface area contributed by atoms with Crippen LogP contribution in [0.1, 0.15) is 44.6 Å². The topological polar surface area (TPSA) is 29.3 Å². The molecule has 0 aromatic heterocycles. The van der Waals surface area contributed by atoms with Gasteiger partial charge in [-0.2, -0.15) is 0 Å². The fraction of sp³-hybridized carbons (Fsp3) is 0.556. The smallest absolute Gasteiger partial charge is 0.123 e. The summed E-state index contributed by atoms with van der Waals surface area (Å²) in [6, 6.07) is 6.92. The molecule has 2 nitrogen and oxygen atoms in total. The second kappa shape index (κ2) is 7.19. The second-order valence-electron chi connectivity index (χ2n) is 6.06. The van der Waals surface area contributed by atoms with Gasteiger partial charge in [0.15, 0.2) is 0 Å². The minimum Gasteiger partial charge on any atom is -0.320 e. The Labute approximate surface area is 127 Å². The van der Waals surface area contributed by atoms with Gasteiger partial charge in [-0.3, -0.25) is 4.90 Å². The van der Waals surface area contributed by atoms with Crippen molar-refractivity contribution in [1.82, 2.24) is 4.90 Å². The largest absolute Gasteiger partial charge is 0.320 e. The molecule has 1 aromatic carbocycles. The van der Waals surface area contributed by atoms with Gasteiger partial charge in [0.2, 0.25) is 0 Å². The molecule has 0 bridgehead atoms. The lowest BCUT2D eigenvalue weighted by Gasteiger charge is -2.45. The van der Waals surface area contributed by atoms with Gasteiger partial charge in [-0.25, -0.2) is 4.39 Å². The molecule has 3 heteroatoms. The lowest BCUT2D eigenvalue weighted by atomic mass is 9.78. The quantitative estimate of drug-likeness (QED) is 0.807. The Hall–Kier alpha value is -1.19. The van der Waals surface area contributed by atoms with Gasteiger partial charge in [0.05, 0.1) is 5.54 Å². The van der Waals surface area contributed by atoms with E-state index in [2.05, 4.69) is 18.4 Å². The monoisotopic (exact) mass is 290 g/mol. The van der Waals surface area contributed by atoms with Crippen molar-refractivity contribution in [1.29, 1.82) is 0 Å². The Morgan fingerprint density at radius 3 is 2.43 bits per heavy atom. The Bertz CT molecular complexity index is 451. The lowest BCUT2D eigenvalue weighted by Crippen LogP contribution is -2.56. The molecular formula is C18H27FN2. The zero-order chi connectivity index (χ0) is 15.3. The van der Waals surface area contributed by atoms with Crippen molar-refractivity contribution in [3.63, 3.8) is 0 Å². The molecule has 2 unspecified atom stereocenters. The van der Waals surface area contributed by atoms with E-state index in [-0.39, 0.29) is 11.9 Å². The number of nitrogens with zero attached hydrogens (tertiary/aromatic N) is 1. The van der Waals surface area contributed by atoms with Gasteiger partial charge in [-0.15, -0.1) is 6.58 Å². The number of nitrogens with two attached hydrogens (primary N) is 1. The summed E-state index contributed by atoms with van der Waals surface area (Å²) in [5.74, 6) is -0.217. The predicted molar refractivity (Wildman–Crippen MR) is 86.6 cm³/mol. The third kappa shape index (κ3) is 3.53. The molecular weight excluding hydrogens is 263 g/mol. The third-order valence-corrected chi connectivity index (χ3v) is 4.68. The SMILES string of the molecule is C=CCC(N)(c1ccc(F)cc1)C(CC)N1CCCCC1. The van der Waals surface area contributed by atoms with Crippen LogP contribution in [0.3, 0.4) is 0 Å². The number of piperidine rings is 1. The Morgan fingerprint density at radius 1 is 1.29 bits per heavy atom. The van der Waals surface area contributed by atoms with Crippen molar-refractivity contribution in [2.45, 2.75) is 50.6 Å². The molecule has 1 aliphatic rings. The van der Waals surface area contributed by atoms with Crippen molar-refractivity contribution in [2.24, 2.45) is 5.73 Å². The van der Waals surface area contributed by atoms with Gasteiger partial charge in [-0.05, 0) is 56.5 Å². The Balaban J connectivity index is 2.33.